The Kier molecular flexibility index (Phi) is 2.87. The smallest absolute Gasteiger partial charge is 0.176 e. The van der Waals surface area contributed by atoms with Crippen molar-refractivity contribution in [2.24, 2.45) is 0 Å². The Morgan fingerprint density at radius 2 is 1.61 bits per heavy atom. The van der Waals surface area contributed by atoms with Crippen molar-refractivity contribution in [1.82, 2.24) is 4.98 Å². The van der Waals surface area contributed by atoms with Crippen molar-refractivity contribution in [2.75, 3.05) is 0 Å². The highest BCUT2D eigenvalue weighted by molar-refractivity contribution is 6.20. The van der Waals surface area contributed by atoms with Gasteiger partial charge in [-0.2, -0.15) is 0 Å². The minimum Gasteiger partial charge on any atom is -0.351 e. The van der Waals surface area contributed by atoms with Crippen LogP contribution in [0.5, 0.6) is 0 Å². The van der Waals surface area contributed by atoms with Crippen LogP contribution in [0.3, 0.4) is 0 Å². The molecule has 1 aromatic carbocycles. The molecule has 0 fully saturated rings. The largest absolute Gasteiger partial charge is 0.351 e. The molecule has 1 N–H and O–H groups in total. The number of Topliss-reactive ketones (excluding diaryl/α,β-unsaturated/α-hetero) is 3. The molecule has 0 saturated carbocycles. The molecule has 4 nitrogen and oxygen atoms in total. The van der Waals surface area contributed by atoms with Gasteiger partial charge in [0.25, 0.3) is 0 Å². The molecule has 2 aromatic rings. The maximum absolute atomic E-state index is 11.7. The van der Waals surface area contributed by atoms with Crippen molar-refractivity contribution in [3.05, 3.63) is 35.0 Å². The maximum Gasteiger partial charge on any atom is 0.176 e. The van der Waals surface area contributed by atoms with E-state index in [9.17, 15) is 14.4 Å². The Labute approximate surface area is 104 Å². The van der Waals surface area contributed by atoms with Crippen LogP contribution >= 0.6 is 0 Å². The zero-order valence-electron chi connectivity index (χ0n) is 10.5. The van der Waals surface area contributed by atoms with Gasteiger partial charge in [-0.25, -0.2) is 0 Å². The monoisotopic (exact) mass is 243 g/mol. The summed E-state index contributed by atoms with van der Waals surface area (Å²) in [6.07, 6.45) is 0. The van der Waals surface area contributed by atoms with E-state index in [0.29, 0.717) is 22.0 Å². The number of carbonyl (C=O) groups excluding carboxylic acids is 3. The molecule has 0 bridgehead atoms. The number of benzene rings is 1. The van der Waals surface area contributed by atoms with E-state index < -0.39 is 0 Å². The van der Waals surface area contributed by atoms with E-state index in [1.54, 1.807) is 18.2 Å². The van der Waals surface area contributed by atoms with Crippen molar-refractivity contribution in [2.45, 2.75) is 20.8 Å². The molecular weight excluding hydrogens is 230 g/mol. The molecule has 0 unspecified atom stereocenters. The lowest BCUT2D eigenvalue weighted by molar-refractivity contribution is 0.0979. The molecule has 0 aliphatic heterocycles. The average molecular weight is 243 g/mol. The fraction of sp³-hybridized carbons (Fsp3) is 0.214. The Balaban J connectivity index is 2.97. The number of ketones is 3. The topological polar surface area (TPSA) is 67.0 Å². The third-order valence-corrected chi connectivity index (χ3v) is 2.91. The molecule has 0 atom stereocenters. The summed E-state index contributed by atoms with van der Waals surface area (Å²) in [7, 11) is 0. The van der Waals surface area contributed by atoms with E-state index in [4.69, 9.17) is 0 Å². The lowest BCUT2D eigenvalue weighted by atomic mass is 9.99. The second-order valence-electron chi connectivity index (χ2n) is 4.27. The zero-order chi connectivity index (χ0) is 13.4. The Morgan fingerprint density at radius 1 is 0.944 bits per heavy atom. The summed E-state index contributed by atoms with van der Waals surface area (Å²) in [5.74, 6) is -0.566. The molecule has 4 heteroatoms. The molecule has 0 amide bonds. The van der Waals surface area contributed by atoms with Crippen molar-refractivity contribution in [1.29, 1.82) is 0 Å². The van der Waals surface area contributed by atoms with Crippen molar-refractivity contribution in [3.8, 4) is 0 Å². The van der Waals surface area contributed by atoms with Gasteiger partial charge in [-0.15, -0.1) is 0 Å². The summed E-state index contributed by atoms with van der Waals surface area (Å²) in [5, 5.41) is 0.544. The highest BCUT2D eigenvalue weighted by Crippen LogP contribution is 2.27. The molecule has 1 heterocycles. The van der Waals surface area contributed by atoms with Gasteiger partial charge >= 0.3 is 0 Å². The molecule has 0 radical (unpaired) electrons. The van der Waals surface area contributed by atoms with Crippen molar-refractivity contribution in [3.63, 3.8) is 0 Å². The van der Waals surface area contributed by atoms with Crippen molar-refractivity contribution < 1.29 is 14.4 Å². The van der Waals surface area contributed by atoms with Crippen molar-refractivity contribution >= 4 is 28.3 Å². The summed E-state index contributed by atoms with van der Waals surface area (Å²) >= 11 is 0. The van der Waals surface area contributed by atoms with E-state index in [1.165, 1.54) is 20.8 Å². The first-order valence-electron chi connectivity index (χ1n) is 5.61. The number of nitrogens with one attached hydrogen (secondary N) is 1. The molecule has 92 valence electrons. The molecule has 0 saturated heterocycles. The molecule has 0 aliphatic carbocycles. The third kappa shape index (κ3) is 1.76. The van der Waals surface area contributed by atoms with E-state index in [-0.39, 0.29) is 23.0 Å². The van der Waals surface area contributed by atoms with Crippen LogP contribution in [0.4, 0.5) is 0 Å². The lowest BCUT2D eigenvalue weighted by Gasteiger charge is -2.01. The van der Waals surface area contributed by atoms with Crippen LogP contribution in [-0.4, -0.2) is 22.3 Å². The number of aromatic nitrogens is 1. The fourth-order valence-electron chi connectivity index (χ4n) is 2.16. The average Bonchev–Trinajstić information content (AvgIpc) is 2.67. The van der Waals surface area contributed by atoms with Gasteiger partial charge in [-0.05, 0) is 19.9 Å². The van der Waals surface area contributed by atoms with Gasteiger partial charge in [-0.1, -0.05) is 12.1 Å². The lowest BCUT2D eigenvalue weighted by Crippen LogP contribution is -2.03. The van der Waals surface area contributed by atoms with Crippen LogP contribution < -0.4 is 0 Å². The van der Waals surface area contributed by atoms with E-state index in [2.05, 4.69) is 4.98 Å². The normalized spacial score (nSPS) is 10.6. The summed E-state index contributed by atoms with van der Waals surface area (Å²) in [6.45, 7) is 4.23. The summed E-state index contributed by atoms with van der Waals surface area (Å²) in [4.78, 5) is 37.8. The van der Waals surface area contributed by atoms with Crippen LogP contribution in [0.25, 0.3) is 10.9 Å². The van der Waals surface area contributed by atoms with Gasteiger partial charge in [0.05, 0.1) is 11.3 Å². The van der Waals surface area contributed by atoms with Crippen LogP contribution in [0.2, 0.25) is 0 Å². The third-order valence-electron chi connectivity index (χ3n) is 2.91. The molecule has 0 spiro atoms. The highest BCUT2D eigenvalue weighted by atomic mass is 16.1. The van der Waals surface area contributed by atoms with E-state index in [1.807, 2.05) is 0 Å². The first-order valence-corrected chi connectivity index (χ1v) is 5.61. The number of carbonyl (C=O) groups is 3. The summed E-state index contributed by atoms with van der Waals surface area (Å²) in [5.41, 5.74) is 1.68. The van der Waals surface area contributed by atoms with Gasteiger partial charge in [0, 0.05) is 23.4 Å². The van der Waals surface area contributed by atoms with E-state index in [0.717, 1.165) is 0 Å². The van der Waals surface area contributed by atoms with E-state index >= 15 is 0 Å². The maximum atomic E-state index is 11.7. The summed E-state index contributed by atoms with van der Waals surface area (Å²) < 4.78 is 0. The van der Waals surface area contributed by atoms with Crippen LogP contribution in [0.15, 0.2) is 18.2 Å². The predicted octanol–water partition coefficient (Wildman–Crippen LogP) is 2.78. The minimum absolute atomic E-state index is 0.128. The Morgan fingerprint density at radius 3 is 2.11 bits per heavy atom. The van der Waals surface area contributed by atoms with Gasteiger partial charge in [0.2, 0.25) is 0 Å². The molecule has 1 aromatic heterocycles. The molecule has 2 rings (SSSR count). The van der Waals surface area contributed by atoms with Crippen LogP contribution in [-0.2, 0) is 0 Å². The number of hydrogen-bond donors (Lipinski definition) is 1. The van der Waals surface area contributed by atoms with Gasteiger partial charge < -0.3 is 4.98 Å². The SMILES string of the molecule is CC(=O)c1[nH]c2cccc(C(C)=O)c2c1C(C)=O. The van der Waals surface area contributed by atoms with Crippen LogP contribution in [0, 0.1) is 0 Å². The van der Waals surface area contributed by atoms with Crippen LogP contribution in [0.1, 0.15) is 52.0 Å². The number of H-pyrrole nitrogens is 1. The Hall–Kier alpha value is -2.23. The molecular formula is C14H13NO3. The standard InChI is InChI=1S/C14H13NO3/c1-7(16)10-5-4-6-11-13(10)12(8(2)17)14(15-11)9(3)18/h4-6,15H,1-3H3. The fourth-order valence-corrected chi connectivity index (χ4v) is 2.16. The van der Waals surface area contributed by atoms with Gasteiger partial charge in [0.15, 0.2) is 17.3 Å². The predicted molar refractivity (Wildman–Crippen MR) is 68.3 cm³/mol. The highest BCUT2D eigenvalue weighted by Gasteiger charge is 2.21. The zero-order valence-corrected chi connectivity index (χ0v) is 10.5. The first kappa shape index (κ1) is 12.2. The second-order valence-corrected chi connectivity index (χ2v) is 4.27. The Bertz CT molecular complexity index is 680. The molecule has 18 heavy (non-hydrogen) atoms. The number of hydrogen-bond acceptors (Lipinski definition) is 3. The summed E-state index contributed by atoms with van der Waals surface area (Å²) in [6, 6.07) is 5.14. The van der Waals surface area contributed by atoms with Gasteiger partial charge in [-0.3, -0.25) is 14.4 Å². The molecule has 0 aliphatic rings. The number of rotatable bonds is 3. The van der Waals surface area contributed by atoms with Gasteiger partial charge in [0.1, 0.15) is 0 Å². The minimum atomic E-state index is -0.222. The number of aromatic amines is 1. The number of fused-ring (bicyclic) bond motifs is 1. The first-order chi connectivity index (χ1) is 8.43. The second kappa shape index (κ2) is 4.22. The quantitative estimate of drug-likeness (QED) is 0.843.